The van der Waals surface area contributed by atoms with E-state index >= 15 is 0 Å². The molecule has 0 saturated carbocycles. The third-order valence-corrected chi connectivity index (χ3v) is 5.95. The van der Waals surface area contributed by atoms with Gasteiger partial charge in [0, 0.05) is 17.8 Å². The Morgan fingerprint density at radius 1 is 1.13 bits per heavy atom. The highest BCUT2D eigenvalue weighted by molar-refractivity contribution is 5.90. The third-order valence-electron chi connectivity index (χ3n) is 5.95. The number of amides is 1. The fourth-order valence-electron chi connectivity index (χ4n) is 4.18. The van der Waals surface area contributed by atoms with Gasteiger partial charge < -0.3 is 25.8 Å². The maximum absolute atomic E-state index is 12.9. The van der Waals surface area contributed by atoms with E-state index in [1.807, 2.05) is 12.1 Å². The minimum Gasteiger partial charge on any atom is -0.490 e. The van der Waals surface area contributed by atoms with Crippen LogP contribution in [0.3, 0.4) is 0 Å². The molecule has 0 radical (unpaired) electrons. The summed E-state index contributed by atoms with van der Waals surface area (Å²) in [5.74, 6) is -1.99. The van der Waals surface area contributed by atoms with Gasteiger partial charge in [0.25, 0.3) is 0 Å². The molecule has 1 amide bonds. The van der Waals surface area contributed by atoms with Gasteiger partial charge in [0.05, 0.1) is 0 Å². The largest absolute Gasteiger partial charge is 0.490 e. The van der Waals surface area contributed by atoms with Gasteiger partial charge in [0.1, 0.15) is 25.2 Å². The number of carbonyl (C=O) groups excluding carboxylic acids is 2. The van der Waals surface area contributed by atoms with Crippen molar-refractivity contribution >= 4 is 23.5 Å². The molecule has 202 valence electrons. The van der Waals surface area contributed by atoms with Crippen molar-refractivity contribution in [1.82, 2.24) is 20.1 Å². The zero-order valence-corrected chi connectivity index (χ0v) is 20.2. The lowest BCUT2D eigenvalue weighted by Gasteiger charge is -2.25. The number of anilines is 2. The molecule has 0 unspecified atom stereocenters. The van der Waals surface area contributed by atoms with Crippen molar-refractivity contribution < 1.29 is 32.2 Å². The van der Waals surface area contributed by atoms with Crippen LogP contribution >= 0.6 is 0 Å². The predicted molar refractivity (Wildman–Crippen MR) is 131 cm³/mol. The van der Waals surface area contributed by atoms with Crippen molar-refractivity contribution in [3.05, 3.63) is 66.5 Å². The van der Waals surface area contributed by atoms with Gasteiger partial charge >= 0.3 is 12.1 Å². The Hall–Kier alpha value is -4.13. The van der Waals surface area contributed by atoms with E-state index in [2.05, 4.69) is 20.7 Å². The SMILES string of the molecule is Nc1ncn(CC(=O)Nc2ccc(C[C@@H]3CC[C@H]([C@@H](COc4ccccc4)OC(=O)C(F)(F)F)N3)cc2)n1. The average molecular weight is 533 g/mol. The van der Waals surface area contributed by atoms with Crippen LogP contribution < -0.4 is 21.1 Å². The van der Waals surface area contributed by atoms with Crippen LogP contribution in [0.1, 0.15) is 18.4 Å². The molecule has 1 saturated heterocycles. The number of halogens is 3. The molecule has 13 heteroatoms. The van der Waals surface area contributed by atoms with Crippen molar-refractivity contribution in [3.8, 4) is 5.75 Å². The van der Waals surface area contributed by atoms with Crippen LogP contribution in [0.5, 0.6) is 5.75 Å². The van der Waals surface area contributed by atoms with Crippen molar-refractivity contribution in [2.24, 2.45) is 0 Å². The van der Waals surface area contributed by atoms with Crippen LogP contribution in [0.2, 0.25) is 0 Å². The lowest BCUT2D eigenvalue weighted by Crippen LogP contribution is -2.46. The molecule has 2 heterocycles. The number of para-hydroxylation sites is 1. The van der Waals surface area contributed by atoms with E-state index in [0.29, 0.717) is 30.7 Å². The normalized spacial score (nSPS) is 18.1. The van der Waals surface area contributed by atoms with Gasteiger partial charge in [-0.2, -0.15) is 13.2 Å². The lowest BCUT2D eigenvalue weighted by atomic mass is 10.0. The standard InChI is InChI=1S/C25H27F3N6O4/c26-25(27,28)23(36)38-21(14-37-19-4-2-1-3-5-19)20-11-10-18(31-20)12-16-6-8-17(9-7-16)32-22(35)13-34-15-30-24(29)33-34/h1-9,15,18,20-21,31H,10-14H2,(H2,29,33)(H,32,35)/t18-,20+,21+/m0/s1. The molecule has 3 aromatic rings. The summed E-state index contributed by atoms with van der Waals surface area (Å²) < 4.78 is 50.3. The Bertz CT molecular complexity index is 1220. The number of hydrogen-bond donors (Lipinski definition) is 3. The molecule has 0 spiro atoms. The average Bonchev–Trinajstić information content (AvgIpc) is 3.51. The van der Waals surface area contributed by atoms with Crippen molar-refractivity contribution in [3.63, 3.8) is 0 Å². The van der Waals surface area contributed by atoms with E-state index in [9.17, 15) is 22.8 Å². The van der Waals surface area contributed by atoms with E-state index in [1.54, 1.807) is 42.5 Å². The third kappa shape index (κ3) is 7.68. The van der Waals surface area contributed by atoms with E-state index in [4.69, 9.17) is 15.2 Å². The number of alkyl halides is 3. The minimum absolute atomic E-state index is 0.0343. The summed E-state index contributed by atoms with van der Waals surface area (Å²) in [4.78, 5) is 27.5. The van der Waals surface area contributed by atoms with Gasteiger partial charge in [0.15, 0.2) is 6.10 Å². The number of nitrogens with zero attached hydrogens (tertiary/aromatic N) is 3. The summed E-state index contributed by atoms with van der Waals surface area (Å²) >= 11 is 0. The number of rotatable bonds is 10. The molecule has 0 bridgehead atoms. The molecule has 4 N–H and O–H groups in total. The molecule has 1 aliphatic rings. The summed E-state index contributed by atoms with van der Waals surface area (Å²) in [6.45, 7) is -0.251. The molecule has 1 aromatic heterocycles. The highest BCUT2D eigenvalue weighted by Crippen LogP contribution is 2.25. The first-order valence-electron chi connectivity index (χ1n) is 11.9. The molecule has 1 fully saturated rings. The molecular weight excluding hydrogens is 505 g/mol. The van der Waals surface area contributed by atoms with Gasteiger partial charge in [0.2, 0.25) is 11.9 Å². The van der Waals surface area contributed by atoms with Gasteiger partial charge in [-0.3, -0.25) is 4.79 Å². The van der Waals surface area contributed by atoms with Crippen molar-refractivity contribution in [1.29, 1.82) is 0 Å². The number of aromatic nitrogens is 3. The molecule has 0 aliphatic carbocycles. The predicted octanol–water partition coefficient (Wildman–Crippen LogP) is 2.72. The molecule has 2 aromatic carbocycles. The fraction of sp³-hybridized carbons (Fsp3) is 0.360. The van der Waals surface area contributed by atoms with Crippen LogP contribution in [0.4, 0.5) is 24.8 Å². The van der Waals surface area contributed by atoms with Gasteiger partial charge in [-0.1, -0.05) is 30.3 Å². The van der Waals surface area contributed by atoms with E-state index in [0.717, 1.165) is 5.56 Å². The number of nitrogens with one attached hydrogen (secondary N) is 2. The number of nitrogen functional groups attached to an aromatic ring is 1. The van der Waals surface area contributed by atoms with Crippen LogP contribution in [-0.2, 0) is 27.3 Å². The van der Waals surface area contributed by atoms with Crippen LogP contribution in [0, 0.1) is 0 Å². The van der Waals surface area contributed by atoms with Crippen LogP contribution in [-0.4, -0.2) is 57.6 Å². The van der Waals surface area contributed by atoms with E-state index in [1.165, 1.54) is 11.0 Å². The van der Waals surface area contributed by atoms with Gasteiger partial charge in [-0.25, -0.2) is 14.5 Å². The maximum Gasteiger partial charge on any atom is 0.490 e. The van der Waals surface area contributed by atoms with Crippen molar-refractivity contribution in [2.45, 2.75) is 50.2 Å². The first-order chi connectivity index (χ1) is 18.2. The number of hydrogen-bond acceptors (Lipinski definition) is 8. The quantitative estimate of drug-likeness (QED) is 0.340. The molecule has 38 heavy (non-hydrogen) atoms. The van der Waals surface area contributed by atoms with Gasteiger partial charge in [-0.15, -0.1) is 5.10 Å². The van der Waals surface area contributed by atoms with Crippen molar-refractivity contribution in [2.75, 3.05) is 17.7 Å². The summed E-state index contributed by atoms with van der Waals surface area (Å²) in [7, 11) is 0. The topological polar surface area (TPSA) is 133 Å². The second-order valence-electron chi connectivity index (χ2n) is 8.86. The second kappa shape index (κ2) is 11.9. The first-order valence-corrected chi connectivity index (χ1v) is 11.9. The molecule has 10 nitrogen and oxygen atoms in total. The smallest absolute Gasteiger partial charge is 0.490 e. The molecule has 3 atom stereocenters. The Labute approximate surface area is 216 Å². The Kier molecular flexibility index (Phi) is 8.46. The van der Waals surface area contributed by atoms with Crippen LogP contribution in [0.15, 0.2) is 60.9 Å². The molecule has 4 rings (SSSR count). The molecule has 1 aliphatic heterocycles. The van der Waals surface area contributed by atoms with Crippen LogP contribution in [0.25, 0.3) is 0 Å². The Balaban J connectivity index is 1.31. The lowest BCUT2D eigenvalue weighted by molar-refractivity contribution is -0.207. The zero-order valence-electron chi connectivity index (χ0n) is 20.2. The number of benzene rings is 2. The number of nitrogens with two attached hydrogens (primary N) is 1. The number of carbonyl (C=O) groups is 2. The maximum atomic E-state index is 12.9. The Morgan fingerprint density at radius 2 is 1.87 bits per heavy atom. The number of ether oxygens (including phenoxy) is 2. The fourth-order valence-corrected chi connectivity index (χ4v) is 4.18. The highest BCUT2D eigenvalue weighted by Gasteiger charge is 2.44. The number of esters is 1. The zero-order chi connectivity index (χ0) is 27.1. The van der Waals surface area contributed by atoms with E-state index < -0.39 is 24.3 Å². The second-order valence-corrected chi connectivity index (χ2v) is 8.86. The minimum atomic E-state index is -5.09. The highest BCUT2D eigenvalue weighted by atomic mass is 19.4. The Morgan fingerprint density at radius 3 is 2.53 bits per heavy atom. The summed E-state index contributed by atoms with van der Waals surface area (Å²) in [5, 5.41) is 9.91. The van der Waals surface area contributed by atoms with E-state index in [-0.39, 0.29) is 31.0 Å². The first kappa shape index (κ1) is 26.9. The summed E-state index contributed by atoms with van der Waals surface area (Å²) in [6.07, 6.45) is -3.06. The monoisotopic (exact) mass is 532 g/mol. The van der Waals surface area contributed by atoms with Gasteiger partial charge in [-0.05, 0) is 49.1 Å². The summed E-state index contributed by atoms with van der Waals surface area (Å²) in [6, 6.07) is 15.3. The summed E-state index contributed by atoms with van der Waals surface area (Å²) in [5.41, 5.74) is 7.01. The molecular formula is C25H27F3N6O4.